The van der Waals surface area contributed by atoms with Gasteiger partial charge < -0.3 is 15.0 Å². The van der Waals surface area contributed by atoms with Crippen molar-refractivity contribution in [3.8, 4) is 0 Å². The summed E-state index contributed by atoms with van der Waals surface area (Å²) >= 11 is 0. The van der Waals surface area contributed by atoms with Crippen molar-refractivity contribution in [2.45, 2.75) is 19.9 Å². The van der Waals surface area contributed by atoms with Crippen LogP contribution in [0.4, 0.5) is 5.69 Å². The van der Waals surface area contributed by atoms with Crippen molar-refractivity contribution >= 4 is 17.6 Å². The zero-order valence-corrected chi connectivity index (χ0v) is 11.6. The van der Waals surface area contributed by atoms with E-state index in [1.165, 1.54) is 12.0 Å². The number of para-hydroxylation sites is 1. The minimum absolute atomic E-state index is 0.0243. The Balaban J connectivity index is 2.55. The first-order valence-electron chi connectivity index (χ1n) is 6.19. The molecule has 0 fully saturated rings. The summed E-state index contributed by atoms with van der Waals surface area (Å²) < 4.78 is 4.59. The Morgan fingerprint density at radius 3 is 2.42 bits per heavy atom. The summed E-state index contributed by atoms with van der Waals surface area (Å²) in [5.74, 6) is -0.550. The quantitative estimate of drug-likeness (QED) is 0.791. The minimum atomic E-state index is -0.415. The molecule has 0 aliphatic rings. The fourth-order valence-corrected chi connectivity index (χ4v) is 1.60. The first-order valence-corrected chi connectivity index (χ1v) is 6.19. The third kappa shape index (κ3) is 4.99. The highest BCUT2D eigenvalue weighted by Gasteiger charge is 2.19. The Labute approximate surface area is 113 Å². The maximum atomic E-state index is 12.1. The first-order chi connectivity index (χ1) is 9.04. The fourth-order valence-electron chi connectivity index (χ4n) is 1.60. The molecule has 5 nitrogen and oxygen atoms in total. The zero-order chi connectivity index (χ0) is 14.3. The van der Waals surface area contributed by atoms with Gasteiger partial charge in [-0.05, 0) is 26.0 Å². The van der Waals surface area contributed by atoms with Gasteiger partial charge in [-0.15, -0.1) is 0 Å². The normalized spacial score (nSPS) is 10.1. The van der Waals surface area contributed by atoms with Crippen LogP contribution >= 0.6 is 0 Å². The number of nitrogens with one attached hydrogen (secondary N) is 1. The smallest absolute Gasteiger partial charge is 0.325 e. The number of carbonyl (C=O) groups is 2. The molecule has 19 heavy (non-hydrogen) atoms. The molecule has 0 spiro atoms. The Kier molecular flexibility index (Phi) is 5.85. The number of anilines is 1. The van der Waals surface area contributed by atoms with E-state index in [4.69, 9.17) is 0 Å². The molecule has 0 radical (unpaired) electrons. The summed E-state index contributed by atoms with van der Waals surface area (Å²) in [5.41, 5.74) is 0.873. The van der Waals surface area contributed by atoms with Gasteiger partial charge in [0.05, 0.1) is 13.7 Å². The molecule has 1 N–H and O–H groups in total. The van der Waals surface area contributed by atoms with Crippen LogP contribution in [0.25, 0.3) is 0 Å². The maximum Gasteiger partial charge on any atom is 0.325 e. The summed E-state index contributed by atoms with van der Waals surface area (Å²) in [6, 6.07) is 9.40. The summed E-state index contributed by atoms with van der Waals surface area (Å²) in [7, 11) is 1.31. The number of benzene rings is 1. The van der Waals surface area contributed by atoms with Crippen molar-refractivity contribution in [3.05, 3.63) is 30.3 Å². The Morgan fingerprint density at radius 2 is 1.89 bits per heavy atom. The second-order valence-corrected chi connectivity index (χ2v) is 4.41. The molecule has 0 aliphatic heterocycles. The van der Waals surface area contributed by atoms with E-state index in [9.17, 15) is 9.59 Å². The largest absolute Gasteiger partial charge is 0.468 e. The third-order valence-corrected chi connectivity index (χ3v) is 2.69. The predicted octanol–water partition coefficient (Wildman–Crippen LogP) is 1.51. The third-order valence-electron chi connectivity index (χ3n) is 2.69. The van der Waals surface area contributed by atoms with Crippen LogP contribution in [0, 0.1) is 0 Å². The van der Waals surface area contributed by atoms with Crippen LogP contribution in [0.1, 0.15) is 13.8 Å². The summed E-state index contributed by atoms with van der Waals surface area (Å²) in [6.07, 6.45) is 0. The standard InChI is InChI=1S/C14H20N2O3/c1-11(2)16(10-14(18)19-3)13(17)9-15-12-7-5-4-6-8-12/h4-8,11,15H,9-10H2,1-3H3. The topological polar surface area (TPSA) is 58.6 Å². The molecule has 0 aromatic heterocycles. The average Bonchev–Trinajstić information content (AvgIpc) is 2.42. The molecule has 104 valence electrons. The van der Waals surface area contributed by atoms with Crippen LogP contribution in [0.15, 0.2) is 30.3 Å². The van der Waals surface area contributed by atoms with Crippen molar-refractivity contribution in [1.29, 1.82) is 0 Å². The molecular weight excluding hydrogens is 244 g/mol. The Bertz CT molecular complexity index is 418. The van der Waals surface area contributed by atoms with Gasteiger partial charge in [0, 0.05) is 11.7 Å². The molecule has 0 saturated carbocycles. The van der Waals surface area contributed by atoms with Gasteiger partial charge in [0.1, 0.15) is 6.54 Å². The van der Waals surface area contributed by atoms with Gasteiger partial charge >= 0.3 is 5.97 Å². The van der Waals surface area contributed by atoms with Gasteiger partial charge in [-0.1, -0.05) is 18.2 Å². The average molecular weight is 264 g/mol. The van der Waals surface area contributed by atoms with Crippen molar-refractivity contribution in [1.82, 2.24) is 4.90 Å². The van der Waals surface area contributed by atoms with E-state index < -0.39 is 5.97 Å². The molecule has 0 heterocycles. The van der Waals surface area contributed by atoms with E-state index in [-0.39, 0.29) is 25.0 Å². The number of hydrogen-bond acceptors (Lipinski definition) is 4. The highest BCUT2D eigenvalue weighted by Crippen LogP contribution is 2.06. The monoisotopic (exact) mass is 264 g/mol. The van der Waals surface area contributed by atoms with Crippen molar-refractivity contribution in [3.63, 3.8) is 0 Å². The zero-order valence-electron chi connectivity index (χ0n) is 11.6. The van der Waals surface area contributed by atoms with Crippen LogP contribution in [0.2, 0.25) is 0 Å². The van der Waals surface area contributed by atoms with E-state index >= 15 is 0 Å². The molecule has 1 rings (SSSR count). The molecular formula is C14H20N2O3. The van der Waals surface area contributed by atoms with Crippen molar-refractivity contribution < 1.29 is 14.3 Å². The number of ether oxygens (including phenoxy) is 1. The van der Waals surface area contributed by atoms with Crippen LogP contribution < -0.4 is 5.32 Å². The second kappa shape index (κ2) is 7.41. The number of esters is 1. The molecule has 1 amide bonds. The van der Waals surface area contributed by atoms with Gasteiger partial charge in [-0.25, -0.2) is 0 Å². The highest BCUT2D eigenvalue weighted by molar-refractivity contribution is 5.85. The van der Waals surface area contributed by atoms with E-state index in [2.05, 4.69) is 10.1 Å². The van der Waals surface area contributed by atoms with Crippen LogP contribution in [0.3, 0.4) is 0 Å². The summed E-state index contributed by atoms with van der Waals surface area (Å²) in [4.78, 5) is 24.8. The molecule has 0 saturated heterocycles. The number of rotatable bonds is 6. The van der Waals surface area contributed by atoms with Crippen LogP contribution in [-0.4, -0.2) is 43.0 Å². The first kappa shape index (κ1) is 15.0. The number of methoxy groups -OCH3 is 1. The molecule has 0 aliphatic carbocycles. The summed E-state index contributed by atoms with van der Waals surface area (Å²) in [5, 5.41) is 3.03. The van der Waals surface area contributed by atoms with Crippen LogP contribution in [-0.2, 0) is 14.3 Å². The van der Waals surface area contributed by atoms with Crippen molar-refractivity contribution in [2.75, 3.05) is 25.5 Å². The number of hydrogen-bond donors (Lipinski definition) is 1. The van der Waals surface area contributed by atoms with Gasteiger partial charge in [0.25, 0.3) is 0 Å². The van der Waals surface area contributed by atoms with E-state index in [0.717, 1.165) is 5.69 Å². The lowest BCUT2D eigenvalue weighted by molar-refractivity contribution is -0.147. The molecule has 0 bridgehead atoms. The Morgan fingerprint density at radius 1 is 1.26 bits per heavy atom. The summed E-state index contributed by atoms with van der Waals surface area (Å²) in [6.45, 7) is 3.86. The lowest BCUT2D eigenvalue weighted by Gasteiger charge is -2.25. The highest BCUT2D eigenvalue weighted by atomic mass is 16.5. The fraction of sp³-hybridized carbons (Fsp3) is 0.429. The Hall–Kier alpha value is -2.04. The number of amides is 1. The molecule has 0 atom stereocenters. The lowest BCUT2D eigenvalue weighted by Crippen LogP contribution is -2.43. The molecule has 1 aromatic rings. The van der Waals surface area contributed by atoms with Gasteiger partial charge in [0.2, 0.25) is 5.91 Å². The number of carbonyl (C=O) groups excluding carboxylic acids is 2. The second-order valence-electron chi connectivity index (χ2n) is 4.41. The van der Waals surface area contributed by atoms with Crippen LogP contribution in [0.5, 0.6) is 0 Å². The van der Waals surface area contributed by atoms with Gasteiger partial charge in [-0.2, -0.15) is 0 Å². The van der Waals surface area contributed by atoms with Gasteiger partial charge in [-0.3, -0.25) is 9.59 Å². The van der Waals surface area contributed by atoms with E-state index in [1.54, 1.807) is 0 Å². The van der Waals surface area contributed by atoms with E-state index in [1.807, 2.05) is 44.2 Å². The molecule has 0 unspecified atom stereocenters. The minimum Gasteiger partial charge on any atom is -0.468 e. The molecule has 1 aromatic carbocycles. The SMILES string of the molecule is COC(=O)CN(C(=O)CNc1ccccc1)C(C)C. The lowest BCUT2D eigenvalue weighted by atomic mass is 10.3. The van der Waals surface area contributed by atoms with E-state index in [0.29, 0.717) is 0 Å². The predicted molar refractivity (Wildman–Crippen MR) is 73.8 cm³/mol. The van der Waals surface area contributed by atoms with Gasteiger partial charge in [0.15, 0.2) is 0 Å². The maximum absolute atomic E-state index is 12.1. The van der Waals surface area contributed by atoms with Crippen molar-refractivity contribution in [2.24, 2.45) is 0 Å². The molecule has 5 heteroatoms. The number of nitrogens with zero attached hydrogens (tertiary/aromatic N) is 1.